The van der Waals surface area contributed by atoms with Crippen LogP contribution in [0.3, 0.4) is 0 Å². The number of carbonyl (C=O) groups excluding carboxylic acids is 1. The van der Waals surface area contributed by atoms with Crippen LogP contribution in [0.1, 0.15) is 19.8 Å². The molecule has 1 heterocycles. The van der Waals surface area contributed by atoms with Gasteiger partial charge in [0.15, 0.2) is 0 Å². The zero-order valence-corrected chi connectivity index (χ0v) is 8.36. The molecule has 1 aliphatic carbocycles. The highest BCUT2D eigenvalue weighted by Crippen LogP contribution is 2.18. The summed E-state index contributed by atoms with van der Waals surface area (Å²) in [7, 11) is 0. The molecule has 1 aliphatic rings. The largest absolute Gasteiger partial charge is 0.390 e. The number of hydrogen-bond acceptors (Lipinski definition) is 6. The summed E-state index contributed by atoms with van der Waals surface area (Å²) >= 11 is 0. The molecule has 0 radical (unpaired) electrons. The molecule has 0 saturated heterocycles. The van der Waals surface area contributed by atoms with Gasteiger partial charge in [-0.2, -0.15) is 0 Å². The van der Waals surface area contributed by atoms with E-state index in [1.807, 2.05) is 0 Å². The molecule has 1 unspecified atom stereocenters. The predicted molar refractivity (Wildman–Crippen MR) is 53.0 cm³/mol. The molecule has 82 valence electrons. The molecule has 4 N–H and O–H groups in total. The summed E-state index contributed by atoms with van der Waals surface area (Å²) in [5, 5.41) is 12.7. The summed E-state index contributed by atoms with van der Waals surface area (Å²) in [6.45, 7) is 1.72. The summed E-state index contributed by atoms with van der Waals surface area (Å²) in [5.74, 6) is -0.0747. The Kier molecular flexibility index (Phi) is 2.44. The number of anilines is 2. The lowest BCUT2D eigenvalue weighted by Crippen LogP contribution is -2.38. The second-order valence-electron chi connectivity index (χ2n) is 3.59. The average molecular weight is 211 g/mol. The molecule has 1 fully saturated rings. The van der Waals surface area contributed by atoms with Crippen LogP contribution in [0, 0.1) is 0 Å². The van der Waals surface area contributed by atoms with Crippen molar-refractivity contribution < 1.29 is 9.21 Å². The van der Waals surface area contributed by atoms with E-state index in [2.05, 4.69) is 20.8 Å². The number of rotatable bonds is 4. The molecule has 0 aromatic carbocycles. The Bertz CT molecular complexity index is 360. The van der Waals surface area contributed by atoms with E-state index in [9.17, 15) is 4.79 Å². The van der Waals surface area contributed by atoms with Crippen LogP contribution in [0.5, 0.6) is 0 Å². The van der Waals surface area contributed by atoms with Crippen LogP contribution in [0.15, 0.2) is 4.42 Å². The van der Waals surface area contributed by atoms with Crippen molar-refractivity contribution in [2.24, 2.45) is 0 Å². The lowest BCUT2D eigenvalue weighted by Gasteiger charge is -2.11. The number of nitrogen functional groups attached to an aromatic ring is 1. The topological polar surface area (TPSA) is 106 Å². The van der Waals surface area contributed by atoms with Gasteiger partial charge in [0.1, 0.15) is 6.04 Å². The fourth-order valence-corrected chi connectivity index (χ4v) is 1.10. The molecule has 1 saturated carbocycles. The van der Waals surface area contributed by atoms with Gasteiger partial charge in [-0.1, -0.05) is 10.2 Å². The van der Waals surface area contributed by atoms with E-state index in [-0.39, 0.29) is 17.9 Å². The number of nitrogens with two attached hydrogens (primary N) is 1. The molecule has 0 spiro atoms. The van der Waals surface area contributed by atoms with Gasteiger partial charge in [-0.15, -0.1) is 0 Å². The second kappa shape index (κ2) is 3.76. The first-order valence-corrected chi connectivity index (χ1v) is 4.81. The third kappa shape index (κ3) is 2.58. The molecule has 7 nitrogen and oxygen atoms in total. The van der Waals surface area contributed by atoms with Crippen molar-refractivity contribution >= 4 is 17.9 Å². The first-order valence-electron chi connectivity index (χ1n) is 4.81. The Hall–Kier alpha value is -1.79. The first kappa shape index (κ1) is 9.75. The van der Waals surface area contributed by atoms with Crippen LogP contribution >= 0.6 is 0 Å². The highest BCUT2D eigenvalue weighted by atomic mass is 16.4. The van der Waals surface area contributed by atoms with Crippen molar-refractivity contribution in [2.75, 3.05) is 11.1 Å². The van der Waals surface area contributed by atoms with Crippen molar-refractivity contribution in [3.63, 3.8) is 0 Å². The van der Waals surface area contributed by atoms with Gasteiger partial charge >= 0.3 is 12.0 Å². The van der Waals surface area contributed by atoms with Gasteiger partial charge in [0.2, 0.25) is 5.91 Å². The summed E-state index contributed by atoms with van der Waals surface area (Å²) in [6, 6.07) is 0.0678. The molecule has 0 bridgehead atoms. The van der Waals surface area contributed by atoms with Gasteiger partial charge in [0.05, 0.1) is 0 Å². The van der Waals surface area contributed by atoms with E-state index < -0.39 is 6.04 Å². The van der Waals surface area contributed by atoms with E-state index >= 15 is 0 Å². The van der Waals surface area contributed by atoms with Crippen molar-refractivity contribution in [3.8, 4) is 0 Å². The van der Waals surface area contributed by atoms with Gasteiger partial charge in [-0.25, -0.2) is 0 Å². The molecule has 15 heavy (non-hydrogen) atoms. The molecule has 1 aromatic rings. The maximum absolute atomic E-state index is 11.5. The Labute approximate surface area is 86.4 Å². The van der Waals surface area contributed by atoms with Crippen LogP contribution in [0.2, 0.25) is 0 Å². The van der Waals surface area contributed by atoms with Gasteiger partial charge in [-0.3, -0.25) is 4.79 Å². The third-order valence-electron chi connectivity index (χ3n) is 2.10. The first-order chi connectivity index (χ1) is 7.15. The fourth-order valence-electron chi connectivity index (χ4n) is 1.10. The zero-order chi connectivity index (χ0) is 10.8. The lowest BCUT2D eigenvalue weighted by molar-refractivity contribution is -0.121. The number of nitrogens with one attached hydrogen (secondary N) is 2. The number of nitrogens with zero attached hydrogens (tertiary/aromatic N) is 2. The number of aromatic nitrogens is 2. The molecular weight excluding hydrogens is 198 g/mol. The molecule has 2 rings (SSSR count). The van der Waals surface area contributed by atoms with Crippen molar-refractivity contribution in [3.05, 3.63) is 0 Å². The monoisotopic (exact) mass is 211 g/mol. The van der Waals surface area contributed by atoms with E-state index in [0.717, 1.165) is 12.8 Å². The number of amides is 1. The Morgan fingerprint density at radius 2 is 2.33 bits per heavy atom. The highest BCUT2D eigenvalue weighted by molar-refractivity contribution is 5.84. The smallest absolute Gasteiger partial charge is 0.317 e. The van der Waals surface area contributed by atoms with Gasteiger partial charge in [0, 0.05) is 6.04 Å². The third-order valence-corrected chi connectivity index (χ3v) is 2.10. The molecule has 1 aromatic heterocycles. The van der Waals surface area contributed by atoms with E-state index in [1.54, 1.807) is 6.92 Å². The molecular formula is C8H13N5O2. The molecule has 1 atom stereocenters. The minimum Gasteiger partial charge on any atom is -0.390 e. The van der Waals surface area contributed by atoms with E-state index in [1.165, 1.54) is 0 Å². The molecule has 0 aliphatic heterocycles. The maximum atomic E-state index is 11.5. The van der Waals surface area contributed by atoms with Crippen molar-refractivity contribution in [2.45, 2.75) is 31.8 Å². The summed E-state index contributed by atoms with van der Waals surface area (Å²) in [5.41, 5.74) is 5.24. The van der Waals surface area contributed by atoms with Gasteiger partial charge < -0.3 is 20.8 Å². The normalized spacial score (nSPS) is 17.1. The van der Waals surface area contributed by atoms with Crippen molar-refractivity contribution in [1.82, 2.24) is 15.5 Å². The SMILES string of the molecule is CC(Nc1nnc(N)o1)C(=O)NC1CC1. The Balaban J connectivity index is 1.84. The van der Waals surface area contributed by atoms with Crippen LogP contribution in [-0.4, -0.2) is 28.2 Å². The molecule has 1 amide bonds. The predicted octanol–water partition coefficient (Wildman–Crippen LogP) is -0.269. The minimum absolute atomic E-state index is 0.0210. The Morgan fingerprint density at radius 1 is 1.60 bits per heavy atom. The quantitative estimate of drug-likeness (QED) is 0.633. The van der Waals surface area contributed by atoms with Gasteiger partial charge in [-0.05, 0) is 19.8 Å². The summed E-state index contributed by atoms with van der Waals surface area (Å²) in [6.07, 6.45) is 2.12. The van der Waals surface area contributed by atoms with Crippen LogP contribution in [0.25, 0.3) is 0 Å². The average Bonchev–Trinajstić information content (AvgIpc) is 2.90. The van der Waals surface area contributed by atoms with Gasteiger partial charge in [0.25, 0.3) is 0 Å². The van der Waals surface area contributed by atoms with Crippen LogP contribution in [-0.2, 0) is 4.79 Å². The fraction of sp³-hybridized carbons (Fsp3) is 0.625. The zero-order valence-electron chi connectivity index (χ0n) is 8.36. The summed E-state index contributed by atoms with van der Waals surface area (Å²) in [4.78, 5) is 11.5. The molecule has 7 heteroatoms. The van der Waals surface area contributed by atoms with Crippen molar-refractivity contribution in [1.29, 1.82) is 0 Å². The lowest BCUT2D eigenvalue weighted by atomic mass is 10.3. The van der Waals surface area contributed by atoms with Crippen LogP contribution < -0.4 is 16.4 Å². The Morgan fingerprint density at radius 3 is 2.87 bits per heavy atom. The van der Waals surface area contributed by atoms with Crippen LogP contribution in [0.4, 0.5) is 12.0 Å². The minimum atomic E-state index is -0.412. The standard InChI is InChI=1S/C8H13N5O2/c1-4(6(14)11-5-2-3-5)10-8-13-12-7(9)15-8/h4-5H,2-3H2,1H3,(H2,9,12)(H,10,13)(H,11,14). The number of carbonyl (C=O) groups is 1. The number of hydrogen-bond donors (Lipinski definition) is 3. The van der Waals surface area contributed by atoms with E-state index in [4.69, 9.17) is 10.2 Å². The second-order valence-corrected chi connectivity index (χ2v) is 3.59. The van der Waals surface area contributed by atoms with E-state index in [0.29, 0.717) is 6.04 Å². The maximum Gasteiger partial charge on any atom is 0.317 e. The summed E-state index contributed by atoms with van der Waals surface area (Å²) < 4.78 is 4.89. The highest BCUT2D eigenvalue weighted by Gasteiger charge is 2.26.